The van der Waals surface area contributed by atoms with Gasteiger partial charge in [-0.3, -0.25) is 0 Å². The number of hydrogen-bond donors (Lipinski definition) is 0. The van der Waals surface area contributed by atoms with Crippen LogP contribution in [-0.2, 0) is 10.0 Å². The van der Waals surface area contributed by atoms with E-state index in [2.05, 4.69) is 5.10 Å². The van der Waals surface area contributed by atoms with Crippen LogP contribution >= 0.6 is 0 Å². The van der Waals surface area contributed by atoms with Gasteiger partial charge in [-0.25, -0.2) is 8.42 Å². The van der Waals surface area contributed by atoms with E-state index in [1.54, 1.807) is 33.6 Å². The van der Waals surface area contributed by atoms with E-state index in [-0.39, 0.29) is 5.92 Å². The van der Waals surface area contributed by atoms with Gasteiger partial charge in [-0.15, -0.1) is 0 Å². The number of rotatable bonds is 6. The van der Waals surface area contributed by atoms with Crippen LogP contribution in [0.3, 0.4) is 0 Å². The second kappa shape index (κ2) is 7.48. The fourth-order valence-electron chi connectivity index (χ4n) is 3.21. The van der Waals surface area contributed by atoms with E-state index in [1.807, 2.05) is 36.4 Å². The maximum Gasteiger partial charge on any atom is 0.247 e. The van der Waals surface area contributed by atoms with Gasteiger partial charge in [0, 0.05) is 12.1 Å². The molecule has 1 heterocycles. The summed E-state index contributed by atoms with van der Waals surface area (Å²) in [6.45, 7) is 0. The summed E-state index contributed by atoms with van der Waals surface area (Å²) in [6, 6.07) is 12.3. The summed E-state index contributed by atoms with van der Waals surface area (Å²) in [4.78, 5) is 0. The fraction of sp³-hybridized carbons (Fsp3) is 0.316. The summed E-state index contributed by atoms with van der Waals surface area (Å²) >= 11 is 0. The zero-order valence-corrected chi connectivity index (χ0v) is 16.4. The summed E-state index contributed by atoms with van der Waals surface area (Å²) in [5, 5.41) is 4.18. The maximum atomic E-state index is 12.3. The first-order valence-electron chi connectivity index (χ1n) is 8.28. The van der Waals surface area contributed by atoms with Gasteiger partial charge >= 0.3 is 0 Å². The van der Waals surface area contributed by atoms with Gasteiger partial charge in [0.2, 0.25) is 10.0 Å². The topological polar surface area (TPSA) is 77.4 Å². The Balaban J connectivity index is 2.09. The van der Waals surface area contributed by atoms with E-state index in [0.717, 1.165) is 21.8 Å². The molecule has 0 amide bonds. The van der Waals surface area contributed by atoms with E-state index in [1.165, 1.54) is 0 Å². The van der Waals surface area contributed by atoms with Crippen LogP contribution in [-0.4, -0.2) is 46.6 Å². The van der Waals surface area contributed by atoms with Gasteiger partial charge < -0.3 is 14.2 Å². The summed E-state index contributed by atoms with van der Waals surface area (Å²) in [5.74, 6) is 1.55. The second-order valence-corrected chi connectivity index (χ2v) is 8.00. The normalized spacial score (nSPS) is 19.2. The Morgan fingerprint density at radius 1 is 0.926 bits per heavy atom. The van der Waals surface area contributed by atoms with Crippen LogP contribution in [0.1, 0.15) is 23.1 Å². The van der Waals surface area contributed by atoms with E-state index in [4.69, 9.17) is 14.2 Å². The predicted octanol–water partition coefficient (Wildman–Crippen LogP) is 2.80. The Morgan fingerprint density at radius 3 is 2.30 bits per heavy atom. The molecule has 0 aromatic heterocycles. The van der Waals surface area contributed by atoms with E-state index < -0.39 is 16.1 Å². The monoisotopic (exact) mass is 390 g/mol. The quantitative estimate of drug-likeness (QED) is 0.758. The van der Waals surface area contributed by atoms with Crippen LogP contribution in [0.5, 0.6) is 17.2 Å². The van der Waals surface area contributed by atoms with Crippen molar-refractivity contribution in [1.82, 2.24) is 4.41 Å². The number of nitrogens with zero attached hydrogens (tertiary/aromatic N) is 2. The van der Waals surface area contributed by atoms with Gasteiger partial charge in [0.05, 0.1) is 27.6 Å². The molecule has 144 valence electrons. The molecule has 2 unspecified atom stereocenters. The zero-order valence-electron chi connectivity index (χ0n) is 15.6. The number of hydrogen-bond acceptors (Lipinski definition) is 6. The van der Waals surface area contributed by atoms with Crippen LogP contribution < -0.4 is 14.2 Å². The van der Waals surface area contributed by atoms with Crippen LogP contribution in [0.15, 0.2) is 47.6 Å². The number of sulfonamides is 1. The molecule has 7 nitrogen and oxygen atoms in total. The van der Waals surface area contributed by atoms with Crippen molar-refractivity contribution >= 4 is 16.2 Å². The van der Waals surface area contributed by atoms with Crippen LogP contribution in [0, 0.1) is 0 Å². The van der Waals surface area contributed by atoms with Gasteiger partial charge in [0.25, 0.3) is 0 Å². The van der Waals surface area contributed by atoms with Crippen LogP contribution in [0.4, 0.5) is 0 Å². The fourth-order valence-corrected chi connectivity index (χ4v) is 4.10. The third-order valence-electron chi connectivity index (χ3n) is 4.49. The van der Waals surface area contributed by atoms with E-state index >= 15 is 0 Å². The summed E-state index contributed by atoms with van der Waals surface area (Å²) in [6.07, 6.45) is 2.79. The van der Waals surface area contributed by atoms with E-state index in [0.29, 0.717) is 17.2 Å². The van der Waals surface area contributed by atoms with Gasteiger partial charge in [0.1, 0.15) is 11.8 Å². The molecule has 0 saturated heterocycles. The minimum Gasteiger partial charge on any atom is -0.497 e. The molecule has 2 aromatic rings. The van der Waals surface area contributed by atoms with E-state index in [9.17, 15) is 8.42 Å². The zero-order chi connectivity index (χ0) is 19.6. The largest absolute Gasteiger partial charge is 0.497 e. The molecule has 0 aliphatic carbocycles. The summed E-state index contributed by atoms with van der Waals surface area (Å²) < 4.78 is 41.7. The molecule has 0 bridgehead atoms. The smallest absolute Gasteiger partial charge is 0.247 e. The predicted molar refractivity (Wildman–Crippen MR) is 103 cm³/mol. The van der Waals surface area contributed by atoms with Crippen molar-refractivity contribution in [1.29, 1.82) is 0 Å². The highest BCUT2D eigenvalue weighted by molar-refractivity contribution is 7.88. The molecule has 1 aliphatic heterocycles. The Bertz CT molecular complexity index is 958. The third kappa shape index (κ3) is 3.71. The lowest BCUT2D eigenvalue weighted by Gasteiger charge is -2.27. The Labute approximate surface area is 159 Å². The Kier molecular flexibility index (Phi) is 5.27. The van der Waals surface area contributed by atoms with Crippen molar-refractivity contribution in [2.75, 3.05) is 27.6 Å². The number of benzene rings is 2. The standard InChI is InChI=1S/C19H22N2O5S/c1-24-15-7-5-6-14(10-15)19-16(12-20-21(19)27(4,22)23)13-8-9-17(25-2)18(11-13)26-3/h5-12,16,19H,1-4H3. The summed E-state index contributed by atoms with van der Waals surface area (Å²) in [5.41, 5.74) is 1.66. The first kappa shape index (κ1) is 19.0. The molecule has 0 fully saturated rings. The average molecular weight is 390 g/mol. The van der Waals surface area contributed by atoms with Crippen molar-refractivity contribution < 1.29 is 22.6 Å². The molecule has 8 heteroatoms. The SMILES string of the molecule is COc1cccc(C2C(c3ccc(OC)c(OC)c3)C=NN2S(C)(=O)=O)c1. The summed E-state index contributed by atoms with van der Waals surface area (Å²) in [7, 11) is 1.15. The molecule has 0 radical (unpaired) electrons. The van der Waals surface area contributed by atoms with Crippen molar-refractivity contribution in [2.24, 2.45) is 5.10 Å². The Hall–Kier alpha value is -2.74. The van der Waals surface area contributed by atoms with Gasteiger partial charge in [-0.2, -0.15) is 9.52 Å². The lowest BCUT2D eigenvalue weighted by atomic mass is 9.89. The molecule has 0 saturated carbocycles. The average Bonchev–Trinajstić information content (AvgIpc) is 3.13. The first-order chi connectivity index (χ1) is 12.9. The minimum atomic E-state index is -3.55. The molecule has 27 heavy (non-hydrogen) atoms. The lowest BCUT2D eigenvalue weighted by molar-refractivity contribution is 0.347. The molecule has 0 N–H and O–H groups in total. The van der Waals surface area contributed by atoms with Crippen molar-refractivity contribution in [3.05, 3.63) is 53.6 Å². The van der Waals surface area contributed by atoms with Gasteiger partial charge in [-0.1, -0.05) is 18.2 Å². The number of hydrazone groups is 1. The second-order valence-electron chi connectivity index (χ2n) is 6.16. The number of ether oxygens (including phenoxy) is 3. The lowest BCUT2D eigenvalue weighted by Crippen LogP contribution is -2.28. The first-order valence-corrected chi connectivity index (χ1v) is 10.1. The van der Waals surface area contributed by atoms with Gasteiger partial charge in [-0.05, 0) is 35.4 Å². The molecule has 3 rings (SSSR count). The molecular formula is C19H22N2O5S. The third-order valence-corrected chi connectivity index (χ3v) is 5.49. The number of methoxy groups -OCH3 is 3. The Morgan fingerprint density at radius 2 is 1.67 bits per heavy atom. The highest BCUT2D eigenvalue weighted by atomic mass is 32.2. The van der Waals surface area contributed by atoms with Gasteiger partial charge in [0.15, 0.2) is 11.5 Å². The molecular weight excluding hydrogens is 368 g/mol. The van der Waals surface area contributed by atoms with Crippen molar-refractivity contribution in [2.45, 2.75) is 12.0 Å². The van der Waals surface area contributed by atoms with Crippen LogP contribution in [0.25, 0.3) is 0 Å². The highest BCUT2D eigenvalue weighted by Gasteiger charge is 2.38. The molecule has 0 spiro atoms. The molecule has 2 atom stereocenters. The molecule has 1 aliphatic rings. The van der Waals surface area contributed by atoms with Crippen molar-refractivity contribution in [3.8, 4) is 17.2 Å². The minimum absolute atomic E-state index is 0.286. The van der Waals surface area contributed by atoms with Crippen LogP contribution in [0.2, 0.25) is 0 Å². The molecule has 2 aromatic carbocycles. The van der Waals surface area contributed by atoms with Crippen molar-refractivity contribution in [3.63, 3.8) is 0 Å². The maximum absolute atomic E-state index is 12.3. The highest BCUT2D eigenvalue weighted by Crippen LogP contribution is 2.43.